The van der Waals surface area contributed by atoms with E-state index in [0.29, 0.717) is 12.7 Å². The third-order valence-corrected chi connectivity index (χ3v) is 5.50. The van der Waals surface area contributed by atoms with Crippen LogP contribution in [0, 0.1) is 0 Å². The third kappa shape index (κ3) is 3.14. The highest BCUT2D eigenvalue weighted by Crippen LogP contribution is 2.15. The Morgan fingerprint density at radius 1 is 1.24 bits per heavy atom. The third-order valence-electron chi connectivity index (χ3n) is 2.80. The summed E-state index contributed by atoms with van der Waals surface area (Å²) >= 11 is 0. The zero-order valence-electron chi connectivity index (χ0n) is 10.2. The van der Waals surface area contributed by atoms with Crippen molar-refractivity contribution < 1.29 is 18.0 Å². The predicted octanol–water partition coefficient (Wildman–Crippen LogP) is 0.931. The summed E-state index contributed by atoms with van der Waals surface area (Å²) in [6.07, 6.45) is 1.26. The van der Waals surface area contributed by atoms with Gasteiger partial charge in [0.05, 0.1) is 12.7 Å². The fraction of sp³-hybridized carbons (Fsp3) is 0.500. The lowest BCUT2D eigenvalue weighted by molar-refractivity contribution is 0.110. The molecule has 0 amide bonds. The van der Waals surface area contributed by atoms with Crippen molar-refractivity contribution in [2.75, 3.05) is 27.4 Å². The van der Waals surface area contributed by atoms with E-state index >= 15 is 0 Å². The van der Waals surface area contributed by atoms with Crippen molar-refractivity contribution in [3.63, 3.8) is 0 Å². The van der Waals surface area contributed by atoms with E-state index in [2.05, 4.69) is 0 Å². The van der Waals surface area contributed by atoms with Crippen molar-refractivity contribution in [1.29, 1.82) is 0 Å². The molecular formula is C12H18O4Si. The molecule has 0 aliphatic carbocycles. The van der Waals surface area contributed by atoms with Crippen LogP contribution in [0.5, 0.6) is 0 Å². The van der Waals surface area contributed by atoms with Gasteiger partial charge in [0.15, 0.2) is 0 Å². The summed E-state index contributed by atoms with van der Waals surface area (Å²) in [5, 5.41) is 0.988. The molecule has 5 heteroatoms. The van der Waals surface area contributed by atoms with Crippen molar-refractivity contribution in [1.82, 2.24) is 0 Å². The van der Waals surface area contributed by atoms with E-state index in [-0.39, 0.29) is 0 Å². The summed E-state index contributed by atoms with van der Waals surface area (Å²) < 4.78 is 22.1. The molecule has 1 saturated heterocycles. The molecule has 0 aromatic heterocycles. The molecule has 0 N–H and O–H groups in total. The van der Waals surface area contributed by atoms with Crippen LogP contribution in [-0.2, 0) is 18.0 Å². The molecule has 1 aromatic carbocycles. The summed E-state index contributed by atoms with van der Waals surface area (Å²) in [6.45, 7) is 1.46. The van der Waals surface area contributed by atoms with Gasteiger partial charge in [0.1, 0.15) is 0 Å². The first-order chi connectivity index (χ1) is 8.30. The van der Waals surface area contributed by atoms with Crippen LogP contribution in [0.3, 0.4) is 0 Å². The van der Waals surface area contributed by atoms with Crippen molar-refractivity contribution in [3.8, 4) is 0 Å². The highest BCUT2D eigenvalue weighted by Gasteiger charge is 2.42. The van der Waals surface area contributed by atoms with Crippen LogP contribution in [0.1, 0.15) is 6.42 Å². The van der Waals surface area contributed by atoms with Gasteiger partial charge in [-0.05, 0) is 6.42 Å². The van der Waals surface area contributed by atoms with Gasteiger partial charge >= 0.3 is 8.80 Å². The Hall–Kier alpha value is -0.723. The molecule has 0 spiro atoms. The second-order valence-electron chi connectivity index (χ2n) is 3.92. The smallest absolute Gasteiger partial charge is 0.373 e. The molecule has 0 saturated carbocycles. The Kier molecular flexibility index (Phi) is 4.30. The average Bonchev–Trinajstić information content (AvgIpc) is 3.20. The number of ether oxygens (including phenoxy) is 1. The van der Waals surface area contributed by atoms with E-state index in [9.17, 15) is 0 Å². The minimum absolute atomic E-state index is 0.367. The van der Waals surface area contributed by atoms with Crippen molar-refractivity contribution >= 4 is 14.0 Å². The Bertz CT molecular complexity index is 336. The van der Waals surface area contributed by atoms with Gasteiger partial charge in [-0.25, -0.2) is 0 Å². The number of hydrogen-bond acceptors (Lipinski definition) is 4. The molecule has 0 radical (unpaired) electrons. The average molecular weight is 254 g/mol. The summed E-state index contributed by atoms with van der Waals surface area (Å²) in [4.78, 5) is 0. The zero-order valence-corrected chi connectivity index (χ0v) is 11.2. The quantitative estimate of drug-likeness (QED) is 0.536. The number of benzene rings is 1. The van der Waals surface area contributed by atoms with E-state index in [1.807, 2.05) is 30.3 Å². The van der Waals surface area contributed by atoms with Gasteiger partial charge in [-0.15, -0.1) is 0 Å². The summed E-state index contributed by atoms with van der Waals surface area (Å²) in [7, 11) is 0.556. The Morgan fingerprint density at radius 2 is 1.88 bits per heavy atom. The van der Waals surface area contributed by atoms with E-state index in [1.165, 1.54) is 0 Å². The number of hydrogen-bond donors (Lipinski definition) is 0. The SMILES string of the molecule is CO[Si](OC)(OCCC1CO1)c1ccccc1. The Balaban J connectivity index is 2.01. The molecule has 1 fully saturated rings. The van der Waals surface area contributed by atoms with Gasteiger partial charge < -0.3 is 18.0 Å². The number of rotatable bonds is 7. The maximum atomic E-state index is 5.88. The molecule has 1 aromatic rings. The maximum Gasteiger partial charge on any atom is 0.536 e. The van der Waals surface area contributed by atoms with Gasteiger partial charge in [-0.3, -0.25) is 0 Å². The van der Waals surface area contributed by atoms with Crippen molar-refractivity contribution in [2.45, 2.75) is 12.5 Å². The molecule has 17 heavy (non-hydrogen) atoms. The first-order valence-electron chi connectivity index (χ1n) is 5.72. The molecule has 0 bridgehead atoms. The van der Waals surface area contributed by atoms with Crippen LogP contribution < -0.4 is 5.19 Å². The summed E-state index contributed by atoms with van der Waals surface area (Å²) in [5.41, 5.74) is 0. The first-order valence-corrected chi connectivity index (χ1v) is 7.44. The van der Waals surface area contributed by atoms with Crippen LogP contribution >= 0.6 is 0 Å². The lowest BCUT2D eigenvalue weighted by Crippen LogP contribution is -2.55. The van der Waals surface area contributed by atoms with Crippen LogP contribution in [0.4, 0.5) is 0 Å². The lowest BCUT2D eigenvalue weighted by atomic mass is 10.4. The lowest BCUT2D eigenvalue weighted by Gasteiger charge is -2.26. The summed E-state index contributed by atoms with van der Waals surface area (Å²) in [6, 6.07) is 9.84. The van der Waals surface area contributed by atoms with Crippen LogP contribution in [-0.4, -0.2) is 42.3 Å². The minimum atomic E-state index is -2.71. The second-order valence-corrected chi connectivity index (χ2v) is 6.72. The minimum Gasteiger partial charge on any atom is -0.373 e. The molecule has 1 atom stereocenters. The van der Waals surface area contributed by atoms with Gasteiger partial charge in [0, 0.05) is 26.0 Å². The zero-order chi connectivity index (χ0) is 12.1. The monoisotopic (exact) mass is 254 g/mol. The van der Waals surface area contributed by atoms with Crippen molar-refractivity contribution in [3.05, 3.63) is 30.3 Å². The molecular weight excluding hydrogens is 236 g/mol. The normalized spacial score (nSPS) is 19.3. The second kappa shape index (κ2) is 5.75. The fourth-order valence-corrected chi connectivity index (χ4v) is 3.75. The Labute approximate surface area is 103 Å². The number of epoxide rings is 1. The van der Waals surface area contributed by atoms with E-state index < -0.39 is 8.80 Å². The molecule has 4 nitrogen and oxygen atoms in total. The van der Waals surface area contributed by atoms with Crippen molar-refractivity contribution in [2.24, 2.45) is 0 Å². The molecule has 1 unspecified atom stereocenters. The molecule has 1 aliphatic rings. The molecule has 1 heterocycles. The largest absolute Gasteiger partial charge is 0.536 e. The van der Waals surface area contributed by atoms with Crippen LogP contribution in [0.15, 0.2) is 30.3 Å². The predicted molar refractivity (Wildman–Crippen MR) is 66.2 cm³/mol. The Morgan fingerprint density at radius 3 is 2.41 bits per heavy atom. The molecule has 2 rings (SSSR count). The van der Waals surface area contributed by atoms with Gasteiger partial charge in [-0.1, -0.05) is 30.3 Å². The maximum absolute atomic E-state index is 5.88. The van der Waals surface area contributed by atoms with E-state index in [0.717, 1.165) is 18.2 Å². The highest BCUT2D eigenvalue weighted by atomic mass is 28.4. The van der Waals surface area contributed by atoms with Gasteiger partial charge in [0.2, 0.25) is 0 Å². The topological polar surface area (TPSA) is 40.2 Å². The van der Waals surface area contributed by atoms with E-state index in [1.54, 1.807) is 14.2 Å². The van der Waals surface area contributed by atoms with E-state index in [4.69, 9.17) is 18.0 Å². The van der Waals surface area contributed by atoms with Gasteiger partial charge in [-0.2, -0.15) is 0 Å². The van der Waals surface area contributed by atoms with Crippen LogP contribution in [0.2, 0.25) is 0 Å². The summed E-state index contributed by atoms with van der Waals surface area (Å²) in [5.74, 6) is 0. The highest BCUT2D eigenvalue weighted by molar-refractivity contribution is 6.75. The fourth-order valence-electron chi connectivity index (χ4n) is 1.72. The van der Waals surface area contributed by atoms with Crippen LogP contribution in [0.25, 0.3) is 0 Å². The molecule has 94 valence electrons. The molecule has 1 aliphatic heterocycles. The first kappa shape index (κ1) is 12.7. The van der Waals surface area contributed by atoms with Gasteiger partial charge in [0.25, 0.3) is 0 Å². The standard InChI is InChI=1S/C12H18O4Si/c1-13-17(14-2,12-6-4-3-5-7-12)16-9-8-11-10-15-11/h3-7,11H,8-10H2,1-2H3.